The average Bonchev–Trinajstić information content (AvgIpc) is 2.85. The lowest BCUT2D eigenvalue weighted by Crippen LogP contribution is -2.28. The molecule has 0 unspecified atom stereocenters. The van der Waals surface area contributed by atoms with Crippen LogP contribution in [0.15, 0.2) is 41.3 Å². The van der Waals surface area contributed by atoms with Gasteiger partial charge in [0.05, 0.1) is 40.9 Å². The zero-order valence-corrected chi connectivity index (χ0v) is 21.6. The van der Waals surface area contributed by atoms with Crippen LogP contribution >= 0.6 is 11.6 Å². The predicted molar refractivity (Wildman–Crippen MR) is 140 cm³/mol. The number of nitrogens with zero attached hydrogens (tertiary/aromatic N) is 1. The van der Waals surface area contributed by atoms with Gasteiger partial charge in [-0.25, -0.2) is 9.18 Å². The molecule has 7 nitrogen and oxygen atoms in total. The van der Waals surface area contributed by atoms with E-state index in [9.17, 15) is 24.2 Å². The van der Waals surface area contributed by atoms with Crippen molar-refractivity contribution in [2.75, 3.05) is 6.61 Å². The molecule has 4 rings (SSSR count). The largest absolute Gasteiger partial charge is 0.511 e. The number of ether oxygens (including phenoxy) is 2. The molecule has 37 heavy (non-hydrogen) atoms. The highest BCUT2D eigenvalue weighted by molar-refractivity contribution is 6.30. The zero-order chi connectivity index (χ0) is 26.7. The molecular formula is C28H31ClFNO6. The molecule has 3 aromatic rings. The van der Waals surface area contributed by atoms with Crippen LogP contribution in [-0.2, 0) is 6.42 Å². The van der Waals surface area contributed by atoms with Gasteiger partial charge in [0.25, 0.3) is 0 Å². The maximum Gasteiger partial charge on any atom is 0.511 e. The Morgan fingerprint density at radius 2 is 1.92 bits per heavy atom. The minimum absolute atomic E-state index is 0.00490. The molecular weight excluding hydrogens is 501 g/mol. The molecule has 1 saturated carbocycles. The lowest BCUT2D eigenvalue weighted by Gasteiger charge is -2.32. The van der Waals surface area contributed by atoms with Gasteiger partial charge in [0.1, 0.15) is 11.6 Å². The van der Waals surface area contributed by atoms with Gasteiger partial charge in [-0.05, 0) is 61.9 Å². The lowest BCUT2D eigenvalue weighted by molar-refractivity contribution is 0.141. The monoisotopic (exact) mass is 531 g/mol. The molecule has 2 N–H and O–H groups in total. The molecule has 0 spiro atoms. The Labute approximate surface area is 219 Å². The van der Waals surface area contributed by atoms with Crippen molar-refractivity contribution >= 4 is 28.7 Å². The number of fused-ring (bicyclic) bond motifs is 1. The standard InChI is InChI=1S/C28H31ClFNO6/c1-16(2)36-23-13-17(11-19-9-6-10-21(29)25(19)30)12-20-26(23)31(14-24(27(20)33)37-28(34)35)22(15-32)18-7-4-3-5-8-18/h6,9-10,12-14,16,18,22,32H,3-5,7-8,11,15H2,1-2H3,(H,34,35)/t22-/m1/s1. The Morgan fingerprint density at radius 3 is 2.57 bits per heavy atom. The molecule has 1 atom stereocenters. The highest BCUT2D eigenvalue weighted by Crippen LogP contribution is 2.38. The number of hydrogen-bond donors (Lipinski definition) is 2. The number of aromatic nitrogens is 1. The molecule has 1 aliphatic rings. The first-order chi connectivity index (χ1) is 17.7. The van der Waals surface area contributed by atoms with E-state index in [-0.39, 0.29) is 41.2 Å². The Bertz CT molecular complexity index is 1350. The summed E-state index contributed by atoms with van der Waals surface area (Å²) in [5.41, 5.74) is 0.738. The van der Waals surface area contributed by atoms with Gasteiger partial charge in [-0.2, -0.15) is 0 Å². The topological polar surface area (TPSA) is 98.0 Å². The van der Waals surface area contributed by atoms with Crippen LogP contribution in [-0.4, -0.2) is 33.6 Å². The van der Waals surface area contributed by atoms with Crippen molar-refractivity contribution in [3.8, 4) is 11.5 Å². The van der Waals surface area contributed by atoms with Crippen LogP contribution in [0.4, 0.5) is 9.18 Å². The van der Waals surface area contributed by atoms with Gasteiger partial charge >= 0.3 is 6.16 Å². The minimum atomic E-state index is -1.61. The summed E-state index contributed by atoms with van der Waals surface area (Å²) in [4.78, 5) is 24.9. The molecule has 198 valence electrons. The van der Waals surface area contributed by atoms with Crippen molar-refractivity contribution < 1.29 is 28.9 Å². The Balaban J connectivity index is 1.97. The number of aliphatic hydroxyl groups excluding tert-OH is 1. The highest BCUT2D eigenvalue weighted by atomic mass is 35.5. The first-order valence-electron chi connectivity index (χ1n) is 12.5. The van der Waals surface area contributed by atoms with Crippen LogP contribution in [0, 0.1) is 11.7 Å². The molecule has 2 aromatic carbocycles. The maximum atomic E-state index is 14.7. The Kier molecular flexibility index (Phi) is 8.39. The summed E-state index contributed by atoms with van der Waals surface area (Å²) in [6, 6.07) is 7.67. The van der Waals surface area contributed by atoms with Gasteiger partial charge < -0.3 is 24.3 Å². The number of pyridine rings is 1. The molecule has 1 aromatic heterocycles. The van der Waals surface area contributed by atoms with Crippen molar-refractivity contribution in [1.29, 1.82) is 0 Å². The molecule has 1 aliphatic carbocycles. The Morgan fingerprint density at radius 1 is 1.19 bits per heavy atom. The van der Waals surface area contributed by atoms with Crippen molar-refractivity contribution in [3.63, 3.8) is 0 Å². The van der Waals surface area contributed by atoms with Gasteiger partial charge in [0.15, 0.2) is 5.75 Å². The number of benzene rings is 2. The van der Waals surface area contributed by atoms with E-state index in [0.29, 0.717) is 22.4 Å². The van der Waals surface area contributed by atoms with E-state index in [1.807, 2.05) is 13.8 Å². The molecule has 0 saturated heterocycles. The highest BCUT2D eigenvalue weighted by Gasteiger charge is 2.28. The second-order valence-corrected chi connectivity index (χ2v) is 10.2. The van der Waals surface area contributed by atoms with E-state index in [1.54, 1.807) is 28.8 Å². The van der Waals surface area contributed by atoms with Crippen LogP contribution in [0.1, 0.15) is 63.1 Å². The molecule has 0 amide bonds. The summed E-state index contributed by atoms with van der Waals surface area (Å²) in [6.07, 6.45) is 4.62. The van der Waals surface area contributed by atoms with Crippen molar-refractivity contribution in [2.45, 2.75) is 64.5 Å². The third-order valence-electron chi connectivity index (χ3n) is 6.84. The predicted octanol–water partition coefficient (Wildman–Crippen LogP) is 6.34. The van der Waals surface area contributed by atoms with Crippen LogP contribution in [0.25, 0.3) is 10.9 Å². The molecule has 0 bridgehead atoms. The molecule has 1 heterocycles. The molecule has 9 heteroatoms. The van der Waals surface area contributed by atoms with Gasteiger partial charge in [-0.3, -0.25) is 4.79 Å². The summed E-state index contributed by atoms with van der Waals surface area (Å²) in [7, 11) is 0. The summed E-state index contributed by atoms with van der Waals surface area (Å²) >= 11 is 5.97. The van der Waals surface area contributed by atoms with Crippen LogP contribution in [0.5, 0.6) is 11.5 Å². The number of carboxylic acid groups (broad SMARTS) is 1. The van der Waals surface area contributed by atoms with Crippen LogP contribution in [0.2, 0.25) is 5.02 Å². The number of rotatable bonds is 8. The first kappa shape index (κ1) is 26.9. The normalized spacial score (nSPS) is 15.2. The second-order valence-electron chi connectivity index (χ2n) is 9.79. The summed E-state index contributed by atoms with van der Waals surface area (Å²) in [5, 5.41) is 19.9. The lowest BCUT2D eigenvalue weighted by atomic mass is 9.83. The fourth-order valence-corrected chi connectivity index (χ4v) is 5.44. The van der Waals surface area contributed by atoms with Crippen LogP contribution in [0.3, 0.4) is 0 Å². The molecule has 1 fully saturated rings. The SMILES string of the molecule is CC(C)Oc1cc(Cc2cccc(Cl)c2F)cc2c(=O)c(OC(=O)O)cn([C@H](CO)C3CCCCC3)c12. The van der Waals surface area contributed by atoms with E-state index >= 15 is 0 Å². The first-order valence-corrected chi connectivity index (χ1v) is 12.9. The van der Waals surface area contributed by atoms with E-state index in [2.05, 4.69) is 0 Å². The number of halogens is 2. The maximum absolute atomic E-state index is 14.7. The fourth-order valence-electron chi connectivity index (χ4n) is 5.25. The minimum Gasteiger partial charge on any atom is -0.489 e. The fraction of sp³-hybridized carbons (Fsp3) is 0.429. The third-order valence-corrected chi connectivity index (χ3v) is 7.13. The summed E-state index contributed by atoms with van der Waals surface area (Å²) < 4.78 is 27.4. The van der Waals surface area contributed by atoms with Crippen molar-refractivity contribution in [3.05, 3.63) is 68.7 Å². The summed E-state index contributed by atoms with van der Waals surface area (Å²) in [6.45, 7) is 3.50. The zero-order valence-electron chi connectivity index (χ0n) is 20.9. The van der Waals surface area contributed by atoms with E-state index < -0.39 is 23.4 Å². The van der Waals surface area contributed by atoms with E-state index in [0.717, 1.165) is 32.1 Å². The summed E-state index contributed by atoms with van der Waals surface area (Å²) in [5.74, 6) is -0.392. The number of hydrogen-bond acceptors (Lipinski definition) is 5. The quantitative estimate of drug-likeness (QED) is 0.329. The van der Waals surface area contributed by atoms with Gasteiger partial charge in [0, 0.05) is 6.42 Å². The van der Waals surface area contributed by atoms with E-state index in [1.165, 1.54) is 12.3 Å². The van der Waals surface area contributed by atoms with Crippen molar-refractivity contribution in [1.82, 2.24) is 4.57 Å². The van der Waals surface area contributed by atoms with Gasteiger partial charge in [-0.15, -0.1) is 0 Å². The number of carbonyl (C=O) groups is 1. The number of aliphatic hydroxyl groups is 1. The van der Waals surface area contributed by atoms with Crippen LogP contribution < -0.4 is 14.9 Å². The molecule has 0 aliphatic heterocycles. The van der Waals surface area contributed by atoms with Gasteiger partial charge in [0.2, 0.25) is 5.43 Å². The third kappa shape index (κ3) is 5.91. The average molecular weight is 532 g/mol. The Hall–Kier alpha value is -3.10. The van der Waals surface area contributed by atoms with Crippen molar-refractivity contribution in [2.24, 2.45) is 5.92 Å². The molecule has 0 radical (unpaired) electrons. The smallest absolute Gasteiger partial charge is 0.489 e. The van der Waals surface area contributed by atoms with E-state index in [4.69, 9.17) is 21.1 Å². The second kappa shape index (κ2) is 11.5. The van der Waals surface area contributed by atoms with Gasteiger partial charge in [-0.1, -0.05) is 43.0 Å².